The molecule has 7 rings (SSSR count). The largest absolute Gasteiger partial charge is 0.393 e. The Bertz CT molecular complexity index is 1460. The summed E-state index contributed by atoms with van der Waals surface area (Å²) in [5, 5.41) is 32.6. The van der Waals surface area contributed by atoms with Crippen LogP contribution in [0.5, 0.6) is 0 Å². The minimum atomic E-state index is -1.47. The van der Waals surface area contributed by atoms with Crippen LogP contribution in [0, 0.1) is 34.4 Å². The van der Waals surface area contributed by atoms with Crippen molar-refractivity contribution in [3.63, 3.8) is 0 Å². The van der Waals surface area contributed by atoms with Gasteiger partial charge in [-0.15, -0.1) is 0 Å². The summed E-state index contributed by atoms with van der Waals surface area (Å²) in [4.78, 5) is 13.5. The summed E-state index contributed by atoms with van der Waals surface area (Å²) in [6.07, 6.45) is 11.1. The van der Waals surface area contributed by atoms with Crippen molar-refractivity contribution in [3.8, 4) is 5.69 Å². The van der Waals surface area contributed by atoms with Crippen molar-refractivity contribution in [1.29, 1.82) is 0 Å². The van der Waals surface area contributed by atoms with Gasteiger partial charge in [0.2, 0.25) is 0 Å². The minimum absolute atomic E-state index is 0.0430. The van der Waals surface area contributed by atoms with E-state index in [2.05, 4.69) is 23.2 Å². The molecule has 0 radical (unpaired) electrons. The quantitative estimate of drug-likeness (QED) is 0.523. The Hall–Kier alpha value is -3.10. The topological polar surface area (TPSA) is 93.2 Å². The van der Waals surface area contributed by atoms with Gasteiger partial charge in [0.25, 0.3) is 0 Å². The van der Waals surface area contributed by atoms with E-state index in [1.807, 2.05) is 17.8 Å². The zero-order chi connectivity index (χ0) is 27.2. The lowest BCUT2D eigenvalue weighted by atomic mass is 9.45. The number of aromatic nitrogens is 4. The van der Waals surface area contributed by atoms with Gasteiger partial charge >= 0.3 is 0 Å². The predicted octanol–water partition coefficient (Wildman–Crippen LogP) is 4.36. The average Bonchev–Trinajstić information content (AvgIpc) is 3.61. The lowest BCUT2D eigenvalue weighted by Crippen LogP contribution is -2.62. The van der Waals surface area contributed by atoms with Crippen LogP contribution in [0.4, 0.5) is 4.39 Å². The third-order valence-electron chi connectivity index (χ3n) is 11.0. The number of allylic oxidation sites excluding steroid dienone is 1. The van der Waals surface area contributed by atoms with E-state index in [1.54, 1.807) is 35.3 Å². The number of benzene rings is 1. The summed E-state index contributed by atoms with van der Waals surface area (Å²) in [5.74, 6) is -0.0500. The standard InChI is InChI=1S/C31H35FN4O3/c1-29-15-19-17-34-36(22-7-5-21(32)6-8-22)25(19)14-20(29)4-9-23-24-10-11-31(39,27(38)18-35-13-3-12-33-35)30(24,2)16-26(37)28(23)29/h3,5-8,12-14,17,23-24,26,28,37,39H,4,9-11,15-16,18H2,1-2H3. The Morgan fingerprint density at radius 1 is 1.18 bits per heavy atom. The lowest BCUT2D eigenvalue weighted by molar-refractivity contribution is -0.180. The van der Waals surface area contributed by atoms with Crippen molar-refractivity contribution >= 4 is 11.9 Å². The van der Waals surface area contributed by atoms with E-state index >= 15 is 0 Å². The van der Waals surface area contributed by atoms with Crippen molar-refractivity contribution in [1.82, 2.24) is 19.6 Å². The van der Waals surface area contributed by atoms with Gasteiger partial charge in [-0.05, 0) is 104 Å². The highest BCUT2D eigenvalue weighted by Gasteiger charge is 2.68. The Morgan fingerprint density at radius 3 is 2.72 bits per heavy atom. The number of halogens is 1. The molecule has 2 N–H and O–H groups in total. The number of Topliss-reactive ketones (excluding diaryl/α,β-unsaturated/α-hetero) is 1. The first kappa shape index (κ1) is 24.9. The monoisotopic (exact) mass is 530 g/mol. The molecule has 3 saturated carbocycles. The van der Waals surface area contributed by atoms with Crippen molar-refractivity contribution in [2.75, 3.05) is 0 Å². The van der Waals surface area contributed by atoms with Crippen molar-refractivity contribution < 1.29 is 19.4 Å². The van der Waals surface area contributed by atoms with E-state index in [4.69, 9.17) is 0 Å². The third kappa shape index (κ3) is 3.43. The number of aliphatic hydroxyl groups excluding tert-OH is 1. The molecule has 204 valence electrons. The maximum absolute atomic E-state index is 13.5. The molecular weight excluding hydrogens is 495 g/mol. The Kier molecular flexibility index (Phi) is 5.40. The Balaban J connectivity index is 1.20. The van der Waals surface area contributed by atoms with Gasteiger partial charge in [-0.3, -0.25) is 9.48 Å². The summed E-state index contributed by atoms with van der Waals surface area (Å²) in [6.45, 7) is 4.36. The van der Waals surface area contributed by atoms with Gasteiger partial charge in [-0.25, -0.2) is 9.07 Å². The number of ketones is 1. The maximum Gasteiger partial charge on any atom is 0.186 e. The maximum atomic E-state index is 13.5. The van der Waals surface area contributed by atoms with E-state index < -0.39 is 17.1 Å². The zero-order valence-corrected chi connectivity index (χ0v) is 22.4. The van der Waals surface area contributed by atoms with Gasteiger partial charge in [0.1, 0.15) is 18.0 Å². The molecule has 0 bridgehead atoms. The summed E-state index contributed by atoms with van der Waals surface area (Å²) in [5.41, 5.74) is 1.93. The molecule has 0 amide bonds. The van der Waals surface area contributed by atoms with E-state index in [-0.39, 0.29) is 41.3 Å². The highest BCUT2D eigenvalue weighted by atomic mass is 19.1. The van der Waals surface area contributed by atoms with Crippen molar-refractivity contribution in [3.05, 3.63) is 71.6 Å². The van der Waals surface area contributed by atoms with Gasteiger partial charge in [-0.2, -0.15) is 10.2 Å². The van der Waals surface area contributed by atoms with Gasteiger partial charge < -0.3 is 10.2 Å². The second-order valence-electron chi connectivity index (χ2n) is 12.8. The third-order valence-corrected chi connectivity index (χ3v) is 11.0. The number of fused-ring (bicyclic) bond motifs is 6. The molecule has 2 aromatic heterocycles. The molecule has 1 aromatic carbocycles. The van der Waals surface area contributed by atoms with Gasteiger partial charge in [0.15, 0.2) is 5.78 Å². The number of hydrogen-bond donors (Lipinski definition) is 2. The summed E-state index contributed by atoms with van der Waals surface area (Å²) < 4.78 is 17.0. The number of hydrogen-bond acceptors (Lipinski definition) is 5. The number of carbonyl (C=O) groups is 1. The molecule has 7 unspecified atom stereocenters. The second-order valence-corrected chi connectivity index (χ2v) is 12.8. The molecule has 0 spiro atoms. The van der Waals surface area contributed by atoms with E-state index in [0.29, 0.717) is 12.8 Å². The summed E-state index contributed by atoms with van der Waals surface area (Å²) >= 11 is 0. The summed E-state index contributed by atoms with van der Waals surface area (Å²) in [6, 6.07) is 8.16. The van der Waals surface area contributed by atoms with Crippen LogP contribution in [0.25, 0.3) is 11.8 Å². The SMILES string of the molecule is CC12Cc3cnn(-c4ccc(F)cc4)c3C=C1CCC1C2C(O)CC2(C)C1CCC2(O)C(=O)Cn1cccn1. The lowest BCUT2D eigenvalue weighted by Gasteiger charge is -2.60. The smallest absolute Gasteiger partial charge is 0.186 e. The first-order chi connectivity index (χ1) is 18.6. The molecule has 7 nitrogen and oxygen atoms in total. The fraction of sp³-hybridized carbons (Fsp3) is 0.516. The number of nitrogens with zero attached hydrogens (tertiary/aromatic N) is 4. The molecular formula is C31H35FN4O3. The van der Waals surface area contributed by atoms with Gasteiger partial charge in [-0.1, -0.05) is 19.4 Å². The summed E-state index contributed by atoms with van der Waals surface area (Å²) in [7, 11) is 0. The molecule has 4 aliphatic rings. The molecule has 39 heavy (non-hydrogen) atoms. The fourth-order valence-electron chi connectivity index (χ4n) is 9.11. The first-order valence-electron chi connectivity index (χ1n) is 14.1. The van der Waals surface area contributed by atoms with Crippen LogP contribution in [0.15, 0.2) is 54.5 Å². The second kappa shape index (κ2) is 8.45. The minimum Gasteiger partial charge on any atom is -0.393 e. The molecule has 3 aromatic rings. The number of aliphatic hydroxyl groups is 2. The van der Waals surface area contributed by atoms with E-state index in [0.717, 1.165) is 42.6 Å². The van der Waals surface area contributed by atoms with Crippen LogP contribution in [0.3, 0.4) is 0 Å². The molecule has 2 heterocycles. The first-order valence-corrected chi connectivity index (χ1v) is 14.1. The Morgan fingerprint density at radius 2 is 1.97 bits per heavy atom. The van der Waals surface area contributed by atoms with Crippen molar-refractivity contribution in [2.45, 2.75) is 70.6 Å². The Labute approximate surface area is 227 Å². The van der Waals surface area contributed by atoms with Crippen LogP contribution in [-0.2, 0) is 17.8 Å². The molecule has 7 atom stereocenters. The van der Waals surface area contributed by atoms with Crippen LogP contribution in [0.1, 0.15) is 57.2 Å². The van der Waals surface area contributed by atoms with Crippen molar-refractivity contribution in [2.24, 2.45) is 28.6 Å². The van der Waals surface area contributed by atoms with Crippen LogP contribution >= 0.6 is 0 Å². The van der Waals surface area contributed by atoms with E-state index in [1.165, 1.54) is 17.7 Å². The van der Waals surface area contributed by atoms with E-state index in [9.17, 15) is 19.4 Å². The molecule has 8 heteroatoms. The van der Waals surface area contributed by atoms with Gasteiger partial charge in [0.05, 0.1) is 23.7 Å². The normalized spacial score (nSPS) is 36.9. The number of rotatable bonds is 4. The highest BCUT2D eigenvalue weighted by Crippen LogP contribution is 2.67. The fourth-order valence-corrected chi connectivity index (χ4v) is 9.11. The van der Waals surface area contributed by atoms with Crippen LogP contribution < -0.4 is 0 Å². The van der Waals surface area contributed by atoms with Crippen LogP contribution in [0.2, 0.25) is 0 Å². The van der Waals surface area contributed by atoms with Gasteiger partial charge in [0, 0.05) is 17.8 Å². The molecule has 0 aliphatic heterocycles. The number of carbonyl (C=O) groups excluding carboxylic acids is 1. The zero-order valence-electron chi connectivity index (χ0n) is 22.4. The average molecular weight is 531 g/mol. The highest BCUT2D eigenvalue weighted by molar-refractivity contribution is 5.88. The molecule has 4 aliphatic carbocycles. The van der Waals surface area contributed by atoms with Crippen LogP contribution in [-0.4, -0.2) is 47.3 Å². The molecule has 0 saturated heterocycles. The molecule has 3 fully saturated rings. The predicted molar refractivity (Wildman–Crippen MR) is 143 cm³/mol.